The zero-order valence-electron chi connectivity index (χ0n) is 18.7. The molecule has 0 saturated heterocycles. The van der Waals surface area contributed by atoms with Crippen molar-refractivity contribution in [3.8, 4) is 12.3 Å². The van der Waals surface area contributed by atoms with Gasteiger partial charge in [0.25, 0.3) is 0 Å². The summed E-state index contributed by atoms with van der Waals surface area (Å²) in [5, 5.41) is 3.62. The number of benzene rings is 2. The van der Waals surface area contributed by atoms with Crippen molar-refractivity contribution in [2.45, 2.75) is 32.0 Å². The number of hydrogen-bond donors (Lipinski definition) is 2. The Hall–Kier alpha value is -2.63. The Bertz CT molecular complexity index is 872. The van der Waals surface area contributed by atoms with Gasteiger partial charge in [-0.3, -0.25) is 9.59 Å². The molecule has 0 saturated carbocycles. The number of terminal acetylenes is 1. The molecule has 0 bridgehead atoms. The van der Waals surface area contributed by atoms with Crippen LogP contribution in [0, 0.1) is 18.2 Å². The number of halogens is 3. The molecule has 180 valence electrons. The van der Waals surface area contributed by atoms with Crippen LogP contribution in [0.3, 0.4) is 0 Å². The molecule has 2 rings (SSSR count). The summed E-state index contributed by atoms with van der Waals surface area (Å²) in [6.45, 7) is 2.90. The van der Waals surface area contributed by atoms with Crippen LogP contribution in [0.25, 0.3) is 0 Å². The van der Waals surface area contributed by atoms with E-state index in [4.69, 9.17) is 43.9 Å². The zero-order valence-corrected chi connectivity index (χ0v) is 20.2. The minimum absolute atomic E-state index is 0.0508. The second-order valence-electron chi connectivity index (χ2n) is 6.83. The fourth-order valence-electron chi connectivity index (χ4n) is 2.40. The number of nitrogens with one attached hydrogen (secondary N) is 1. The summed E-state index contributed by atoms with van der Waals surface area (Å²) < 4.78 is 22.9. The molecule has 0 spiro atoms. The van der Waals surface area contributed by atoms with Gasteiger partial charge in [0.2, 0.25) is 12.3 Å². The van der Waals surface area contributed by atoms with Crippen molar-refractivity contribution in [3.05, 3.63) is 70.0 Å². The van der Waals surface area contributed by atoms with Crippen LogP contribution in [0.15, 0.2) is 48.5 Å². The van der Waals surface area contributed by atoms with Gasteiger partial charge in [-0.15, -0.1) is 12.3 Å². The van der Waals surface area contributed by atoms with E-state index in [1.165, 1.54) is 19.2 Å². The van der Waals surface area contributed by atoms with E-state index < -0.39 is 5.60 Å². The predicted molar refractivity (Wildman–Crippen MR) is 129 cm³/mol. The summed E-state index contributed by atoms with van der Waals surface area (Å²) in [5.41, 5.74) is 4.65. The summed E-state index contributed by atoms with van der Waals surface area (Å²) in [7, 11) is 1.48. The van der Waals surface area contributed by atoms with E-state index in [2.05, 4.69) is 17.0 Å². The third kappa shape index (κ3) is 14.9. The number of methoxy groups -OCH3 is 1. The quantitative estimate of drug-likeness (QED) is 0.396. The van der Waals surface area contributed by atoms with Crippen LogP contribution in [0.2, 0.25) is 10.0 Å². The van der Waals surface area contributed by atoms with Gasteiger partial charge in [-0.1, -0.05) is 47.5 Å². The molecule has 0 heterocycles. The highest BCUT2D eigenvalue weighted by atomic mass is 35.5. The molecule has 33 heavy (non-hydrogen) atoms. The second kappa shape index (κ2) is 17.9. The molecule has 0 aliphatic rings. The summed E-state index contributed by atoms with van der Waals surface area (Å²) in [6.07, 6.45) is 6.76. The number of ether oxygens (including phenoxy) is 2. The molecule has 1 unspecified atom stereocenters. The van der Waals surface area contributed by atoms with E-state index >= 15 is 0 Å². The number of carbonyl (C=O) groups excluding carboxylic acids is 2. The van der Waals surface area contributed by atoms with Gasteiger partial charge in [0.15, 0.2) is 0 Å². The first-order valence-electron chi connectivity index (χ1n) is 9.84. The summed E-state index contributed by atoms with van der Waals surface area (Å²) in [4.78, 5) is 20.0. The molecule has 1 atom stereocenters. The van der Waals surface area contributed by atoms with Crippen LogP contribution >= 0.6 is 23.2 Å². The van der Waals surface area contributed by atoms with E-state index in [0.29, 0.717) is 31.0 Å². The lowest BCUT2D eigenvalue weighted by atomic mass is 9.98. The second-order valence-corrected chi connectivity index (χ2v) is 7.68. The molecule has 0 aliphatic heterocycles. The molecule has 2 aromatic carbocycles. The van der Waals surface area contributed by atoms with E-state index in [9.17, 15) is 9.18 Å². The Labute approximate surface area is 204 Å². The zero-order chi connectivity index (χ0) is 25.1. The maximum Gasteiger partial charge on any atom is 0.245 e. The summed E-state index contributed by atoms with van der Waals surface area (Å²) in [6, 6.07) is 13.6. The van der Waals surface area contributed by atoms with Crippen molar-refractivity contribution in [3.63, 3.8) is 0 Å². The maximum absolute atomic E-state index is 12.2. The summed E-state index contributed by atoms with van der Waals surface area (Å²) in [5.74, 6) is 2.11. The smallest absolute Gasteiger partial charge is 0.245 e. The molecule has 0 aliphatic carbocycles. The topological polar surface area (TPSA) is 90.7 Å². The molecule has 6 nitrogen and oxygen atoms in total. The normalized spacial score (nSPS) is 11.4. The fourth-order valence-corrected chi connectivity index (χ4v) is 2.75. The SMILES string of the molecule is C#CCC(C)(CCNC(=O)COC)OCc1cccc(Cl)c1.Fc1ccccc1Cl.NC=O. The molecule has 9 heteroatoms. The van der Waals surface area contributed by atoms with Gasteiger partial charge >= 0.3 is 0 Å². The average Bonchev–Trinajstić information content (AvgIpc) is 2.76. The van der Waals surface area contributed by atoms with Gasteiger partial charge in [-0.2, -0.15) is 0 Å². The Morgan fingerprint density at radius 3 is 2.45 bits per heavy atom. The molecule has 0 fully saturated rings. The number of amides is 2. The number of hydrogen-bond acceptors (Lipinski definition) is 4. The number of rotatable bonds is 9. The Morgan fingerprint density at radius 2 is 1.94 bits per heavy atom. The van der Waals surface area contributed by atoms with E-state index in [0.717, 1.165) is 5.56 Å². The van der Waals surface area contributed by atoms with Crippen molar-refractivity contribution in [1.82, 2.24) is 5.32 Å². The number of primary amides is 1. The standard InChI is InChI=1S/C17H22ClNO3.C6H4ClF.CH3NO/c1-4-8-17(2,9-10-19-16(20)13-21-3)22-12-14-6-5-7-15(18)11-14;7-5-3-1-2-4-6(5)8;2-1-3/h1,5-7,11H,8-10,12-13H2,2-3H3,(H,19,20);1-4H;1H,(H2,2,3). The van der Waals surface area contributed by atoms with Gasteiger partial charge in [-0.05, 0) is 43.2 Å². The van der Waals surface area contributed by atoms with Gasteiger partial charge < -0.3 is 20.5 Å². The lowest BCUT2D eigenvalue weighted by Crippen LogP contribution is -2.36. The highest BCUT2D eigenvalue weighted by molar-refractivity contribution is 6.30. The molecule has 0 radical (unpaired) electrons. The van der Waals surface area contributed by atoms with Gasteiger partial charge in [0.05, 0.1) is 17.2 Å². The van der Waals surface area contributed by atoms with E-state index in [1.807, 2.05) is 31.2 Å². The minimum Gasteiger partial charge on any atom is -0.375 e. The Balaban J connectivity index is 0.000000764. The van der Waals surface area contributed by atoms with Crippen LogP contribution in [0.5, 0.6) is 0 Å². The van der Waals surface area contributed by atoms with Crippen LogP contribution in [0.1, 0.15) is 25.3 Å². The van der Waals surface area contributed by atoms with Gasteiger partial charge in [0, 0.05) is 25.1 Å². The van der Waals surface area contributed by atoms with Crippen LogP contribution in [0.4, 0.5) is 4.39 Å². The predicted octanol–water partition coefficient (Wildman–Crippen LogP) is 4.37. The summed E-state index contributed by atoms with van der Waals surface area (Å²) >= 11 is 11.3. The van der Waals surface area contributed by atoms with Crippen molar-refractivity contribution < 1.29 is 23.5 Å². The van der Waals surface area contributed by atoms with Crippen molar-refractivity contribution in [1.29, 1.82) is 0 Å². The first kappa shape index (κ1) is 30.4. The van der Waals surface area contributed by atoms with E-state index in [1.54, 1.807) is 12.1 Å². The van der Waals surface area contributed by atoms with Crippen LogP contribution in [-0.4, -0.2) is 38.2 Å². The van der Waals surface area contributed by atoms with Gasteiger partial charge in [-0.25, -0.2) is 4.39 Å². The largest absolute Gasteiger partial charge is 0.375 e. The number of carbonyl (C=O) groups is 2. The maximum atomic E-state index is 12.2. The van der Waals surface area contributed by atoms with Crippen molar-refractivity contribution in [2.75, 3.05) is 20.3 Å². The van der Waals surface area contributed by atoms with Crippen molar-refractivity contribution >= 4 is 35.5 Å². The Morgan fingerprint density at radius 1 is 1.27 bits per heavy atom. The fraction of sp³-hybridized carbons (Fsp3) is 0.333. The molecule has 2 amide bonds. The molecular formula is C24H29Cl2FN2O4. The Kier molecular flexibility index (Phi) is 16.4. The first-order chi connectivity index (χ1) is 15.7. The lowest BCUT2D eigenvalue weighted by Gasteiger charge is -2.28. The van der Waals surface area contributed by atoms with Crippen LogP contribution in [-0.2, 0) is 25.7 Å². The molecular weight excluding hydrogens is 470 g/mol. The minimum atomic E-state index is -0.503. The van der Waals surface area contributed by atoms with E-state index in [-0.39, 0.29) is 29.8 Å². The lowest BCUT2D eigenvalue weighted by molar-refractivity contribution is -0.125. The monoisotopic (exact) mass is 498 g/mol. The third-order valence-electron chi connectivity index (χ3n) is 4.03. The average molecular weight is 499 g/mol. The molecule has 2 aromatic rings. The molecule has 3 N–H and O–H groups in total. The highest BCUT2D eigenvalue weighted by Crippen LogP contribution is 2.22. The highest BCUT2D eigenvalue weighted by Gasteiger charge is 2.24. The van der Waals surface area contributed by atoms with Crippen molar-refractivity contribution in [2.24, 2.45) is 5.73 Å². The van der Waals surface area contributed by atoms with Gasteiger partial charge in [0.1, 0.15) is 12.4 Å². The number of nitrogens with two attached hydrogens (primary N) is 1. The van der Waals surface area contributed by atoms with Crippen LogP contribution < -0.4 is 11.1 Å². The first-order valence-corrected chi connectivity index (χ1v) is 10.6. The third-order valence-corrected chi connectivity index (χ3v) is 4.57. The molecule has 0 aromatic heterocycles.